The van der Waals surface area contributed by atoms with Gasteiger partial charge < -0.3 is 15.3 Å². The first-order valence-corrected chi connectivity index (χ1v) is 5.19. The van der Waals surface area contributed by atoms with Gasteiger partial charge in [0.1, 0.15) is 6.29 Å². The van der Waals surface area contributed by atoms with Crippen LogP contribution in [0.15, 0.2) is 0 Å². The largest absolute Gasteiger partial charge is 0.385 e. The summed E-state index contributed by atoms with van der Waals surface area (Å²) in [5.74, 6) is 0.833. The van der Waals surface area contributed by atoms with Gasteiger partial charge in [-0.3, -0.25) is 0 Å². The van der Waals surface area contributed by atoms with Crippen molar-refractivity contribution >= 4 is 6.29 Å². The molecule has 0 unspecified atom stereocenters. The molecular formula is C11H29NO2. The van der Waals surface area contributed by atoms with Crippen LogP contribution in [0.3, 0.4) is 0 Å². The quantitative estimate of drug-likeness (QED) is 0.708. The van der Waals surface area contributed by atoms with E-state index in [1.807, 2.05) is 20.8 Å². The Morgan fingerprint density at radius 1 is 1.29 bits per heavy atom. The van der Waals surface area contributed by atoms with Crippen LogP contribution in [0.2, 0.25) is 0 Å². The van der Waals surface area contributed by atoms with Crippen LogP contribution in [-0.2, 0) is 9.53 Å². The maximum Gasteiger partial charge on any atom is 0.133 e. The number of hydrogen-bond donors (Lipinski definition) is 1. The molecule has 2 N–H and O–H groups in total. The summed E-state index contributed by atoms with van der Waals surface area (Å²) >= 11 is 0. The summed E-state index contributed by atoms with van der Waals surface area (Å²) in [4.78, 5) is 9.05. The minimum atomic E-state index is 0.139. The molecule has 0 heterocycles. The third kappa shape index (κ3) is 514. The highest BCUT2D eigenvalue weighted by Crippen LogP contribution is 1.81. The van der Waals surface area contributed by atoms with Crippen molar-refractivity contribution in [1.29, 1.82) is 0 Å². The number of rotatable bonds is 2. The number of methoxy groups -OCH3 is 1. The Kier molecular flexibility index (Phi) is 65.2. The topological polar surface area (TPSA) is 52.3 Å². The van der Waals surface area contributed by atoms with Gasteiger partial charge in [0.25, 0.3) is 0 Å². The molecule has 0 radical (unpaired) electrons. The molecule has 0 saturated heterocycles. The van der Waals surface area contributed by atoms with E-state index in [-0.39, 0.29) is 6.54 Å². The normalized spacial score (nSPS) is 6.93. The zero-order valence-electron chi connectivity index (χ0n) is 11.0. The molecule has 0 saturated carbocycles. The van der Waals surface area contributed by atoms with Gasteiger partial charge in [0.2, 0.25) is 0 Å². The van der Waals surface area contributed by atoms with E-state index < -0.39 is 0 Å². The Labute approximate surface area is 90.0 Å². The van der Waals surface area contributed by atoms with Gasteiger partial charge in [0.15, 0.2) is 0 Å². The lowest BCUT2D eigenvalue weighted by Gasteiger charge is -1.79. The Bertz CT molecular complexity index is 61.6. The second kappa shape index (κ2) is 38.9. The van der Waals surface area contributed by atoms with E-state index in [0.717, 1.165) is 12.5 Å². The number of carbonyl (C=O) groups is 1. The van der Waals surface area contributed by atoms with Crippen molar-refractivity contribution in [2.45, 2.75) is 41.5 Å². The first-order valence-electron chi connectivity index (χ1n) is 5.19. The van der Waals surface area contributed by atoms with Gasteiger partial charge in [0.05, 0.1) is 0 Å². The van der Waals surface area contributed by atoms with Crippen molar-refractivity contribution in [3.05, 3.63) is 0 Å². The van der Waals surface area contributed by atoms with Gasteiger partial charge in [-0.25, -0.2) is 0 Å². The monoisotopic (exact) mass is 207 g/mol. The average molecular weight is 207 g/mol. The van der Waals surface area contributed by atoms with Gasteiger partial charge in [-0.15, -0.1) is 0 Å². The van der Waals surface area contributed by atoms with Crippen molar-refractivity contribution in [1.82, 2.24) is 0 Å². The summed E-state index contributed by atoms with van der Waals surface area (Å²) in [6.45, 7) is 13.4. The van der Waals surface area contributed by atoms with E-state index >= 15 is 0 Å². The van der Waals surface area contributed by atoms with Crippen LogP contribution in [0, 0.1) is 5.92 Å². The molecule has 0 atom stereocenters. The maximum absolute atomic E-state index is 9.05. The molecule has 90 valence electrons. The minimum Gasteiger partial charge on any atom is -0.385 e. The van der Waals surface area contributed by atoms with Crippen LogP contribution in [0.4, 0.5) is 0 Å². The fraction of sp³-hybridized carbons (Fsp3) is 0.909. The summed E-state index contributed by atoms with van der Waals surface area (Å²) in [6.07, 6.45) is 0.653. The van der Waals surface area contributed by atoms with Crippen molar-refractivity contribution in [2.75, 3.05) is 20.3 Å². The van der Waals surface area contributed by atoms with E-state index in [0.29, 0.717) is 6.29 Å². The Balaban J connectivity index is -0.0000000492. The van der Waals surface area contributed by atoms with Crippen LogP contribution in [0.5, 0.6) is 0 Å². The summed E-state index contributed by atoms with van der Waals surface area (Å²) in [5, 5.41) is 0. The van der Waals surface area contributed by atoms with Crippen LogP contribution >= 0.6 is 0 Å². The van der Waals surface area contributed by atoms with Gasteiger partial charge in [-0.05, 0) is 12.8 Å². The molecule has 0 aromatic heterocycles. The summed E-state index contributed by atoms with van der Waals surface area (Å²) < 4.78 is 4.54. The van der Waals surface area contributed by atoms with Crippen molar-refractivity contribution in [3.63, 3.8) is 0 Å². The van der Waals surface area contributed by atoms with E-state index in [2.05, 4.69) is 31.2 Å². The molecule has 0 aromatic rings. The van der Waals surface area contributed by atoms with E-state index in [9.17, 15) is 0 Å². The molecule has 0 rings (SSSR count). The minimum absolute atomic E-state index is 0.139. The van der Waals surface area contributed by atoms with E-state index in [1.54, 1.807) is 7.11 Å². The molecule has 0 aliphatic rings. The third-order valence-corrected chi connectivity index (χ3v) is 0.385. The van der Waals surface area contributed by atoms with Crippen LogP contribution in [0.25, 0.3) is 0 Å². The maximum atomic E-state index is 9.05. The number of aldehydes is 1. The highest BCUT2D eigenvalue weighted by atomic mass is 16.5. The molecule has 0 amide bonds. The molecule has 0 fully saturated rings. The lowest BCUT2D eigenvalue weighted by atomic mass is 10.3. The molecule has 0 spiro atoms. The van der Waals surface area contributed by atoms with E-state index in [4.69, 9.17) is 4.79 Å². The van der Waals surface area contributed by atoms with Gasteiger partial charge in [-0.2, -0.15) is 0 Å². The number of hydrogen-bond acceptors (Lipinski definition) is 3. The predicted molar refractivity (Wildman–Crippen MR) is 64.5 cm³/mol. The van der Waals surface area contributed by atoms with Crippen molar-refractivity contribution < 1.29 is 9.53 Å². The molecule has 14 heavy (non-hydrogen) atoms. The Hall–Kier alpha value is -0.410. The summed E-state index contributed by atoms with van der Waals surface area (Å²) in [5.41, 5.74) is 4.66. The van der Waals surface area contributed by atoms with Gasteiger partial charge in [-0.1, -0.05) is 34.6 Å². The summed E-state index contributed by atoms with van der Waals surface area (Å²) in [6, 6.07) is 0. The molecule has 0 aromatic carbocycles. The molecular weight excluding hydrogens is 178 g/mol. The predicted octanol–water partition coefficient (Wildman–Crippen LogP) is 2.49. The van der Waals surface area contributed by atoms with Crippen LogP contribution < -0.4 is 5.73 Å². The molecule has 3 nitrogen and oxygen atoms in total. The van der Waals surface area contributed by atoms with Gasteiger partial charge in [0, 0.05) is 20.3 Å². The number of carbonyl (C=O) groups excluding carboxylic acids is 1. The molecule has 0 bridgehead atoms. The van der Waals surface area contributed by atoms with Crippen LogP contribution in [-0.4, -0.2) is 26.5 Å². The highest BCUT2D eigenvalue weighted by molar-refractivity contribution is 5.51. The van der Waals surface area contributed by atoms with Gasteiger partial charge >= 0.3 is 0 Å². The van der Waals surface area contributed by atoms with Crippen molar-refractivity contribution in [2.24, 2.45) is 11.7 Å². The smallest absolute Gasteiger partial charge is 0.133 e. The first kappa shape index (κ1) is 23.4. The van der Waals surface area contributed by atoms with Crippen LogP contribution in [0.1, 0.15) is 41.5 Å². The lowest BCUT2D eigenvalue weighted by molar-refractivity contribution is -0.106. The SMILES string of the molecule is CC.CC(C)C.CCOC.NCC=O. The second-order valence-corrected chi connectivity index (χ2v) is 2.71. The first-order chi connectivity index (χ1) is 6.56. The fourth-order valence-corrected chi connectivity index (χ4v) is 0. The Morgan fingerprint density at radius 3 is 1.43 bits per heavy atom. The molecule has 3 heteroatoms. The van der Waals surface area contributed by atoms with E-state index in [1.165, 1.54) is 0 Å². The highest BCUT2D eigenvalue weighted by Gasteiger charge is 1.68. The second-order valence-electron chi connectivity index (χ2n) is 2.71. The average Bonchev–Trinajstić information content (AvgIpc) is 2.20. The fourth-order valence-electron chi connectivity index (χ4n) is 0. The number of nitrogens with two attached hydrogens (primary N) is 1. The zero-order valence-corrected chi connectivity index (χ0v) is 11.0. The standard InChI is InChI=1S/C4H10.C3H8O.C2H5NO.C2H6/c1-4(2)3;1-3-4-2;3-1-2-4;1-2/h4H,1-3H3;3H2,1-2H3;2H,1,3H2;1-2H3. The molecule has 0 aliphatic carbocycles. The Morgan fingerprint density at radius 2 is 1.43 bits per heavy atom. The molecule has 0 aliphatic heterocycles. The lowest BCUT2D eigenvalue weighted by Crippen LogP contribution is -1.97. The summed E-state index contributed by atoms with van der Waals surface area (Å²) in [7, 11) is 1.68. The van der Waals surface area contributed by atoms with Crippen molar-refractivity contribution in [3.8, 4) is 0 Å². The number of ether oxygens (including phenoxy) is 1. The third-order valence-electron chi connectivity index (χ3n) is 0.385. The zero-order chi connectivity index (χ0) is 12.4.